The molecule has 22 heavy (non-hydrogen) atoms. The highest BCUT2D eigenvalue weighted by molar-refractivity contribution is 6.42. The van der Waals surface area contributed by atoms with E-state index in [1.165, 1.54) is 6.21 Å². The van der Waals surface area contributed by atoms with Crippen LogP contribution in [0.2, 0.25) is 15.1 Å². The Morgan fingerprint density at radius 2 is 1.95 bits per heavy atom. The minimum atomic E-state index is -0.422. The quantitative estimate of drug-likeness (QED) is 0.645. The van der Waals surface area contributed by atoms with E-state index in [9.17, 15) is 4.79 Å². The van der Waals surface area contributed by atoms with Crippen LogP contribution in [0.3, 0.4) is 0 Å². The molecule has 1 amide bonds. The molecule has 0 heterocycles. The van der Waals surface area contributed by atoms with Crippen LogP contribution < -0.4 is 10.2 Å². The zero-order valence-corrected chi connectivity index (χ0v) is 13.5. The number of benzene rings is 2. The van der Waals surface area contributed by atoms with Crippen molar-refractivity contribution < 1.29 is 9.53 Å². The zero-order chi connectivity index (χ0) is 15.9. The van der Waals surface area contributed by atoms with E-state index in [4.69, 9.17) is 39.5 Å². The molecule has 0 bridgehead atoms. The number of nitrogens with zero attached hydrogens (tertiary/aromatic N) is 1. The summed E-state index contributed by atoms with van der Waals surface area (Å²) in [5.74, 6) is -0.0857. The van der Waals surface area contributed by atoms with Crippen molar-refractivity contribution in [1.82, 2.24) is 5.43 Å². The third-order valence-electron chi connectivity index (χ3n) is 2.53. The normalized spacial score (nSPS) is 10.7. The molecule has 2 rings (SSSR count). The Labute approximate surface area is 142 Å². The third-order valence-corrected chi connectivity index (χ3v) is 3.56. The van der Waals surface area contributed by atoms with E-state index in [1.54, 1.807) is 36.4 Å². The van der Waals surface area contributed by atoms with Crippen LogP contribution in [0.5, 0.6) is 5.75 Å². The second-order valence-corrected chi connectivity index (χ2v) is 5.41. The average Bonchev–Trinajstić information content (AvgIpc) is 2.49. The van der Waals surface area contributed by atoms with E-state index in [-0.39, 0.29) is 11.6 Å². The van der Waals surface area contributed by atoms with Gasteiger partial charge in [-0.05, 0) is 29.8 Å². The van der Waals surface area contributed by atoms with Gasteiger partial charge in [0.2, 0.25) is 0 Å². The van der Waals surface area contributed by atoms with Gasteiger partial charge in [0.25, 0.3) is 5.91 Å². The van der Waals surface area contributed by atoms with Crippen molar-refractivity contribution in [2.24, 2.45) is 5.10 Å². The van der Waals surface area contributed by atoms with Crippen LogP contribution in [0.4, 0.5) is 0 Å². The highest BCUT2D eigenvalue weighted by Gasteiger charge is 2.07. The molecule has 0 spiro atoms. The van der Waals surface area contributed by atoms with Crippen LogP contribution in [0, 0.1) is 0 Å². The molecule has 0 aliphatic heterocycles. The topological polar surface area (TPSA) is 50.7 Å². The number of nitrogens with one attached hydrogen (secondary N) is 1. The second kappa shape index (κ2) is 8.03. The van der Waals surface area contributed by atoms with E-state index in [1.807, 2.05) is 6.07 Å². The predicted octanol–water partition coefficient (Wildman–Crippen LogP) is 4.18. The smallest absolute Gasteiger partial charge is 0.277 e. The fourth-order valence-electron chi connectivity index (χ4n) is 1.54. The van der Waals surface area contributed by atoms with Crippen LogP contribution in [0.1, 0.15) is 5.56 Å². The fraction of sp³-hybridized carbons (Fsp3) is 0.0667. The molecule has 2 aromatic carbocycles. The summed E-state index contributed by atoms with van der Waals surface area (Å²) in [5.41, 5.74) is 3.11. The Bertz CT molecular complexity index is 705. The molecular formula is C15H11Cl3N2O2. The van der Waals surface area contributed by atoms with Crippen molar-refractivity contribution in [2.45, 2.75) is 0 Å². The molecule has 0 unspecified atom stereocenters. The van der Waals surface area contributed by atoms with Crippen LogP contribution in [0.15, 0.2) is 47.6 Å². The molecule has 7 heteroatoms. The molecular weight excluding hydrogens is 347 g/mol. The number of rotatable bonds is 5. The number of carbonyl (C=O) groups excluding carboxylic acids is 1. The number of amides is 1. The minimum Gasteiger partial charge on any atom is -0.482 e. The minimum absolute atomic E-state index is 0.229. The number of carbonyl (C=O) groups is 1. The monoisotopic (exact) mass is 356 g/mol. The second-order valence-electron chi connectivity index (χ2n) is 4.19. The SMILES string of the molecule is O=C(COc1cccc(Cl)c1Cl)N/N=C\c1cccc(Cl)c1. The molecule has 4 nitrogen and oxygen atoms in total. The summed E-state index contributed by atoms with van der Waals surface area (Å²) in [4.78, 5) is 11.6. The van der Waals surface area contributed by atoms with E-state index in [0.717, 1.165) is 5.56 Å². The van der Waals surface area contributed by atoms with Crippen molar-refractivity contribution in [2.75, 3.05) is 6.61 Å². The summed E-state index contributed by atoms with van der Waals surface area (Å²) in [6.07, 6.45) is 1.48. The van der Waals surface area contributed by atoms with Gasteiger partial charge in [-0.1, -0.05) is 53.0 Å². The number of hydrogen-bond acceptors (Lipinski definition) is 3. The molecule has 0 aliphatic carbocycles. The van der Waals surface area contributed by atoms with Crippen molar-refractivity contribution in [1.29, 1.82) is 0 Å². The van der Waals surface area contributed by atoms with Gasteiger partial charge in [-0.3, -0.25) is 4.79 Å². The molecule has 0 aliphatic rings. The van der Waals surface area contributed by atoms with Crippen molar-refractivity contribution >= 4 is 46.9 Å². The maximum absolute atomic E-state index is 11.6. The van der Waals surface area contributed by atoms with Crippen molar-refractivity contribution in [3.05, 3.63) is 63.1 Å². The van der Waals surface area contributed by atoms with Crippen LogP contribution >= 0.6 is 34.8 Å². The van der Waals surface area contributed by atoms with E-state index in [2.05, 4.69) is 10.5 Å². The van der Waals surface area contributed by atoms with Gasteiger partial charge in [0.05, 0.1) is 11.2 Å². The summed E-state index contributed by atoms with van der Waals surface area (Å²) in [5, 5.41) is 5.03. The van der Waals surface area contributed by atoms with Gasteiger partial charge in [0.1, 0.15) is 10.8 Å². The van der Waals surface area contributed by atoms with Gasteiger partial charge >= 0.3 is 0 Å². The van der Waals surface area contributed by atoms with Crippen molar-refractivity contribution in [3.63, 3.8) is 0 Å². The first kappa shape index (κ1) is 16.6. The molecule has 0 fully saturated rings. The molecule has 0 radical (unpaired) electrons. The lowest BCUT2D eigenvalue weighted by Crippen LogP contribution is -2.24. The van der Waals surface area contributed by atoms with Gasteiger partial charge in [0, 0.05) is 5.02 Å². The van der Waals surface area contributed by atoms with Crippen LogP contribution in [-0.2, 0) is 4.79 Å². The van der Waals surface area contributed by atoms with E-state index < -0.39 is 5.91 Å². The summed E-state index contributed by atoms with van der Waals surface area (Å²) in [6, 6.07) is 12.0. The maximum Gasteiger partial charge on any atom is 0.277 e. The number of halogens is 3. The third kappa shape index (κ3) is 4.91. The Morgan fingerprint density at radius 3 is 2.73 bits per heavy atom. The van der Waals surface area contributed by atoms with Crippen LogP contribution in [0.25, 0.3) is 0 Å². The highest BCUT2D eigenvalue weighted by Crippen LogP contribution is 2.31. The Balaban J connectivity index is 1.84. The summed E-state index contributed by atoms with van der Waals surface area (Å²) < 4.78 is 5.28. The summed E-state index contributed by atoms with van der Waals surface area (Å²) in [6.45, 7) is -0.229. The van der Waals surface area contributed by atoms with Gasteiger partial charge in [0.15, 0.2) is 6.61 Å². The molecule has 0 saturated heterocycles. The lowest BCUT2D eigenvalue weighted by Gasteiger charge is -2.07. The standard InChI is InChI=1S/C15H11Cl3N2O2/c16-11-4-1-3-10(7-11)8-19-20-14(21)9-22-13-6-2-5-12(17)15(13)18/h1-8H,9H2,(H,20,21)/b19-8-. The Morgan fingerprint density at radius 1 is 1.18 bits per heavy atom. The summed E-state index contributed by atoms with van der Waals surface area (Å²) >= 11 is 17.6. The fourth-order valence-corrected chi connectivity index (χ4v) is 2.08. The number of hydrogen-bond donors (Lipinski definition) is 1. The number of ether oxygens (including phenoxy) is 1. The first-order valence-electron chi connectivity index (χ1n) is 6.20. The largest absolute Gasteiger partial charge is 0.482 e. The average molecular weight is 358 g/mol. The lowest BCUT2D eigenvalue weighted by molar-refractivity contribution is -0.123. The zero-order valence-electron chi connectivity index (χ0n) is 11.2. The Kier molecular flexibility index (Phi) is 6.07. The van der Waals surface area contributed by atoms with Crippen molar-refractivity contribution in [3.8, 4) is 5.75 Å². The molecule has 1 N–H and O–H groups in total. The van der Waals surface area contributed by atoms with Gasteiger partial charge in [-0.15, -0.1) is 0 Å². The van der Waals surface area contributed by atoms with Gasteiger partial charge < -0.3 is 4.74 Å². The highest BCUT2D eigenvalue weighted by atomic mass is 35.5. The lowest BCUT2D eigenvalue weighted by atomic mass is 10.2. The van der Waals surface area contributed by atoms with Gasteiger partial charge in [-0.2, -0.15) is 5.10 Å². The van der Waals surface area contributed by atoms with E-state index in [0.29, 0.717) is 15.8 Å². The maximum atomic E-state index is 11.6. The summed E-state index contributed by atoms with van der Waals surface area (Å²) in [7, 11) is 0. The van der Waals surface area contributed by atoms with E-state index >= 15 is 0 Å². The predicted molar refractivity (Wildman–Crippen MR) is 89.1 cm³/mol. The van der Waals surface area contributed by atoms with Crippen LogP contribution in [-0.4, -0.2) is 18.7 Å². The van der Waals surface area contributed by atoms with Gasteiger partial charge in [-0.25, -0.2) is 5.43 Å². The Hall–Kier alpha value is -1.75. The first-order chi connectivity index (χ1) is 10.6. The molecule has 0 atom stereocenters. The molecule has 2 aromatic rings. The molecule has 0 saturated carbocycles. The molecule has 0 aromatic heterocycles. The number of hydrazone groups is 1. The molecule has 114 valence electrons. The first-order valence-corrected chi connectivity index (χ1v) is 7.34.